The van der Waals surface area contributed by atoms with Crippen LogP contribution in [0.3, 0.4) is 0 Å². The van der Waals surface area contributed by atoms with Crippen LogP contribution >= 0.6 is 11.3 Å². The molecule has 0 aliphatic heterocycles. The monoisotopic (exact) mass is 422 g/mol. The number of carboxylic acid groups (broad SMARTS) is 1. The van der Waals surface area contributed by atoms with E-state index >= 15 is 0 Å². The highest BCUT2D eigenvalue weighted by Crippen LogP contribution is 2.30. The SMILES string of the molecule is CCCc1cc(C(=O)NCc2ccccc2)c(NC(=O)c2ccc(C(=O)O)cc2)s1. The number of rotatable bonds is 8. The van der Waals surface area contributed by atoms with Crippen LogP contribution in [-0.4, -0.2) is 22.9 Å². The van der Waals surface area contributed by atoms with Crippen LogP contribution in [0.2, 0.25) is 0 Å². The van der Waals surface area contributed by atoms with Gasteiger partial charge in [-0.1, -0.05) is 43.7 Å². The molecule has 2 amide bonds. The van der Waals surface area contributed by atoms with Gasteiger partial charge < -0.3 is 15.7 Å². The molecule has 0 unspecified atom stereocenters. The molecular formula is C23H22N2O4S. The first-order valence-electron chi connectivity index (χ1n) is 9.57. The van der Waals surface area contributed by atoms with Crippen molar-refractivity contribution in [2.24, 2.45) is 0 Å². The fourth-order valence-electron chi connectivity index (χ4n) is 2.89. The van der Waals surface area contributed by atoms with E-state index in [1.807, 2.05) is 36.4 Å². The molecule has 0 saturated carbocycles. The van der Waals surface area contributed by atoms with Crippen molar-refractivity contribution < 1.29 is 19.5 Å². The van der Waals surface area contributed by atoms with Gasteiger partial charge >= 0.3 is 5.97 Å². The van der Waals surface area contributed by atoms with E-state index in [4.69, 9.17) is 5.11 Å². The number of benzene rings is 2. The molecule has 1 heterocycles. The quantitative estimate of drug-likeness (QED) is 0.495. The smallest absolute Gasteiger partial charge is 0.335 e. The molecule has 1 aromatic heterocycles. The maximum atomic E-state index is 12.8. The Morgan fingerprint density at radius 3 is 2.23 bits per heavy atom. The van der Waals surface area contributed by atoms with E-state index in [1.54, 1.807) is 0 Å². The number of anilines is 1. The Kier molecular flexibility index (Phi) is 6.98. The molecule has 6 nitrogen and oxygen atoms in total. The number of carboxylic acids is 1. The molecule has 0 saturated heterocycles. The predicted octanol–water partition coefficient (Wildman–Crippen LogP) is 4.58. The Balaban J connectivity index is 1.76. The average molecular weight is 423 g/mol. The normalized spacial score (nSPS) is 10.4. The summed E-state index contributed by atoms with van der Waals surface area (Å²) in [4.78, 5) is 37.4. The third-order valence-electron chi connectivity index (χ3n) is 4.44. The minimum Gasteiger partial charge on any atom is -0.478 e. The maximum absolute atomic E-state index is 12.8. The predicted molar refractivity (Wildman–Crippen MR) is 117 cm³/mol. The molecule has 3 N–H and O–H groups in total. The van der Waals surface area contributed by atoms with Crippen molar-refractivity contribution >= 4 is 34.1 Å². The van der Waals surface area contributed by atoms with Crippen molar-refractivity contribution in [3.63, 3.8) is 0 Å². The van der Waals surface area contributed by atoms with Gasteiger partial charge in [-0.2, -0.15) is 0 Å². The second kappa shape index (κ2) is 9.84. The highest BCUT2D eigenvalue weighted by molar-refractivity contribution is 7.16. The zero-order chi connectivity index (χ0) is 21.5. The molecule has 3 rings (SSSR count). The highest BCUT2D eigenvalue weighted by atomic mass is 32.1. The topological polar surface area (TPSA) is 95.5 Å². The van der Waals surface area contributed by atoms with Gasteiger partial charge in [-0.3, -0.25) is 9.59 Å². The number of carbonyl (C=O) groups excluding carboxylic acids is 2. The van der Waals surface area contributed by atoms with Crippen molar-refractivity contribution in [1.29, 1.82) is 0 Å². The Morgan fingerprint density at radius 2 is 1.60 bits per heavy atom. The molecule has 0 fully saturated rings. The van der Waals surface area contributed by atoms with Gasteiger partial charge in [-0.15, -0.1) is 11.3 Å². The van der Waals surface area contributed by atoms with E-state index in [2.05, 4.69) is 17.6 Å². The Labute approximate surface area is 178 Å². The molecule has 7 heteroatoms. The zero-order valence-electron chi connectivity index (χ0n) is 16.5. The molecule has 3 aromatic rings. The first kappa shape index (κ1) is 21.3. The van der Waals surface area contributed by atoms with Crippen molar-refractivity contribution in [3.05, 3.63) is 87.8 Å². The summed E-state index contributed by atoms with van der Waals surface area (Å²) >= 11 is 1.38. The lowest BCUT2D eigenvalue weighted by atomic mass is 10.1. The summed E-state index contributed by atoms with van der Waals surface area (Å²) in [6.45, 7) is 2.44. The van der Waals surface area contributed by atoms with Crippen molar-refractivity contribution in [1.82, 2.24) is 5.32 Å². The number of nitrogens with one attached hydrogen (secondary N) is 2. The molecule has 0 radical (unpaired) electrons. The Morgan fingerprint density at radius 1 is 0.933 bits per heavy atom. The number of carbonyl (C=O) groups is 3. The Hall–Kier alpha value is -3.45. The van der Waals surface area contributed by atoms with E-state index in [0.29, 0.717) is 22.7 Å². The summed E-state index contributed by atoms with van der Waals surface area (Å²) in [5.41, 5.74) is 1.84. The van der Waals surface area contributed by atoms with Gasteiger partial charge in [0.1, 0.15) is 5.00 Å². The number of aryl methyl sites for hydroxylation is 1. The summed E-state index contributed by atoms with van der Waals surface area (Å²) in [6.07, 6.45) is 1.74. The van der Waals surface area contributed by atoms with Crippen LogP contribution in [0, 0.1) is 0 Å². The van der Waals surface area contributed by atoms with E-state index in [9.17, 15) is 14.4 Å². The van der Waals surface area contributed by atoms with Crippen LogP contribution in [0.5, 0.6) is 0 Å². The molecule has 0 aliphatic carbocycles. The summed E-state index contributed by atoms with van der Waals surface area (Å²) in [7, 11) is 0. The number of amides is 2. The van der Waals surface area contributed by atoms with Crippen LogP contribution in [0.15, 0.2) is 60.7 Å². The zero-order valence-corrected chi connectivity index (χ0v) is 17.3. The van der Waals surface area contributed by atoms with Gasteiger partial charge in [0, 0.05) is 17.0 Å². The summed E-state index contributed by atoms with van der Waals surface area (Å²) in [5, 5.41) is 15.2. The van der Waals surface area contributed by atoms with Crippen LogP contribution < -0.4 is 10.6 Å². The summed E-state index contributed by atoms with van der Waals surface area (Å²) in [5.74, 6) is -1.70. The van der Waals surface area contributed by atoms with Crippen LogP contribution in [-0.2, 0) is 13.0 Å². The Bertz CT molecular complexity index is 1040. The van der Waals surface area contributed by atoms with Gasteiger partial charge in [-0.05, 0) is 42.3 Å². The maximum Gasteiger partial charge on any atom is 0.335 e. The first-order chi connectivity index (χ1) is 14.5. The molecule has 0 spiro atoms. The lowest BCUT2D eigenvalue weighted by Crippen LogP contribution is -2.24. The highest BCUT2D eigenvalue weighted by Gasteiger charge is 2.19. The molecule has 154 valence electrons. The largest absolute Gasteiger partial charge is 0.478 e. The summed E-state index contributed by atoms with van der Waals surface area (Å²) in [6, 6.07) is 17.1. The second-order valence-corrected chi connectivity index (χ2v) is 7.85. The number of hydrogen-bond acceptors (Lipinski definition) is 4. The minimum atomic E-state index is -1.05. The van der Waals surface area contributed by atoms with E-state index in [1.165, 1.54) is 35.6 Å². The van der Waals surface area contributed by atoms with E-state index in [-0.39, 0.29) is 11.5 Å². The van der Waals surface area contributed by atoms with Crippen LogP contribution in [0.25, 0.3) is 0 Å². The van der Waals surface area contributed by atoms with Gasteiger partial charge in [0.05, 0.1) is 11.1 Å². The fraction of sp³-hybridized carbons (Fsp3) is 0.174. The lowest BCUT2D eigenvalue weighted by Gasteiger charge is -2.08. The molecular weight excluding hydrogens is 400 g/mol. The molecule has 0 atom stereocenters. The molecule has 0 aliphatic rings. The van der Waals surface area contributed by atoms with E-state index in [0.717, 1.165) is 23.3 Å². The van der Waals surface area contributed by atoms with Gasteiger partial charge in [0.2, 0.25) is 0 Å². The summed E-state index contributed by atoms with van der Waals surface area (Å²) < 4.78 is 0. The first-order valence-corrected chi connectivity index (χ1v) is 10.4. The average Bonchev–Trinajstić information content (AvgIpc) is 3.15. The van der Waals surface area contributed by atoms with Gasteiger partial charge in [0.25, 0.3) is 11.8 Å². The third-order valence-corrected chi connectivity index (χ3v) is 5.55. The minimum absolute atomic E-state index is 0.105. The van der Waals surface area contributed by atoms with Crippen molar-refractivity contribution in [2.45, 2.75) is 26.3 Å². The standard InChI is InChI=1S/C23H22N2O4S/c1-2-6-18-13-19(21(27)24-14-15-7-4-3-5-8-15)22(30-18)25-20(26)16-9-11-17(12-10-16)23(28)29/h3-5,7-13H,2,6,14H2,1H3,(H,24,27)(H,25,26)(H,28,29). The number of aromatic carboxylic acids is 1. The van der Waals surface area contributed by atoms with Gasteiger partial charge in [0.15, 0.2) is 0 Å². The van der Waals surface area contributed by atoms with Crippen LogP contribution in [0.4, 0.5) is 5.00 Å². The molecule has 0 bridgehead atoms. The molecule has 2 aromatic carbocycles. The molecule has 30 heavy (non-hydrogen) atoms. The number of thiophene rings is 1. The van der Waals surface area contributed by atoms with Gasteiger partial charge in [-0.25, -0.2) is 4.79 Å². The fourth-order valence-corrected chi connectivity index (χ4v) is 4.04. The number of hydrogen-bond donors (Lipinski definition) is 3. The van der Waals surface area contributed by atoms with E-state index < -0.39 is 11.9 Å². The lowest BCUT2D eigenvalue weighted by molar-refractivity contribution is 0.0696. The van der Waals surface area contributed by atoms with Crippen molar-refractivity contribution in [3.8, 4) is 0 Å². The second-order valence-electron chi connectivity index (χ2n) is 6.71. The third kappa shape index (κ3) is 5.33. The van der Waals surface area contributed by atoms with Crippen molar-refractivity contribution in [2.75, 3.05) is 5.32 Å². The van der Waals surface area contributed by atoms with Crippen LogP contribution in [0.1, 0.15) is 54.9 Å².